The maximum atomic E-state index is 12.8. The standard InChI is InChI=1S/C25H30N2O6/c1-26(13-12-23(28)27-14-16-31-17-15-27)25(30)33-22(18-20-8-4-2-5-9-20)24(29)32-19-21-10-6-3-7-11-21/h2-11,22H,12-19H2,1H3/t22-/m0/s1. The minimum absolute atomic E-state index is 0.0407. The van der Waals surface area contributed by atoms with Crippen molar-refractivity contribution in [1.82, 2.24) is 9.80 Å². The highest BCUT2D eigenvalue weighted by Crippen LogP contribution is 2.12. The monoisotopic (exact) mass is 454 g/mol. The molecule has 1 aliphatic heterocycles. The van der Waals surface area contributed by atoms with E-state index in [1.54, 1.807) is 11.9 Å². The molecular weight excluding hydrogens is 424 g/mol. The fraction of sp³-hybridized carbons (Fsp3) is 0.400. The Morgan fingerprint density at radius 2 is 1.58 bits per heavy atom. The zero-order valence-corrected chi connectivity index (χ0v) is 18.9. The molecule has 0 unspecified atom stereocenters. The maximum Gasteiger partial charge on any atom is 0.410 e. The van der Waals surface area contributed by atoms with Crippen LogP contribution in [0.3, 0.4) is 0 Å². The van der Waals surface area contributed by atoms with Gasteiger partial charge >= 0.3 is 12.1 Å². The summed E-state index contributed by atoms with van der Waals surface area (Å²) in [7, 11) is 1.55. The van der Waals surface area contributed by atoms with Crippen molar-refractivity contribution in [1.29, 1.82) is 0 Å². The predicted octanol–water partition coefficient (Wildman–Crippen LogP) is 2.66. The number of carbonyl (C=O) groups is 3. The molecule has 2 amide bonds. The molecule has 1 fully saturated rings. The number of morpholine rings is 1. The minimum atomic E-state index is -1.10. The molecule has 0 spiro atoms. The second-order valence-electron chi connectivity index (χ2n) is 7.82. The Balaban J connectivity index is 1.56. The van der Waals surface area contributed by atoms with Gasteiger partial charge in [0.05, 0.1) is 13.2 Å². The molecule has 1 saturated heterocycles. The Hall–Kier alpha value is -3.39. The van der Waals surface area contributed by atoms with Gasteiger partial charge in [0.1, 0.15) is 6.61 Å². The molecule has 176 valence electrons. The molecule has 0 N–H and O–H groups in total. The molecule has 0 radical (unpaired) electrons. The van der Waals surface area contributed by atoms with Gasteiger partial charge in [-0.15, -0.1) is 0 Å². The van der Waals surface area contributed by atoms with Crippen LogP contribution in [0.15, 0.2) is 60.7 Å². The van der Waals surface area contributed by atoms with E-state index in [1.807, 2.05) is 60.7 Å². The van der Waals surface area contributed by atoms with E-state index in [0.29, 0.717) is 26.3 Å². The summed E-state index contributed by atoms with van der Waals surface area (Å²) in [5, 5.41) is 0. The highest BCUT2D eigenvalue weighted by atomic mass is 16.6. The molecule has 0 aromatic heterocycles. The Kier molecular flexibility index (Phi) is 9.26. The lowest BCUT2D eigenvalue weighted by Crippen LogP contribution is -2.42. The SMILES string of the molecule is CN(CCC(=O)N1CCOCC1)C(=O)O[C@@H](Cc1ccccc1)C(=O)OCc1ccccc1. The molecule has 1 heterocycles. The van der Waals surface area contributed by atoms with Gasteiger partial charge in [0.25, 0.3) is 0 Å². The summed E-state index contributed by atoms with van der Waals surface area (Å²) in [4.78, 5) is 40.8. The fourth-order valence-corrected chi connectivity index (χ4v) is 3.36. The van der Waals surface area contributed by atoms with Crippen LogP contribution in [-0.4, -0.2) is 73.8 Å². The average molecular weight is 455 g/mol. The van der Waals surface area contributed by atoms with Gasteiger partial charge in [-0.3, -0.25) is 4.79 Å². The van der Waals surface area contributed by atoms with Crippen molar-refractivity contribution in [2.24, 2.45) is 0 Å². The highest BCUT2D eigenvalue weighted by molar-refractivity contribution is 5.80. The van der Waals surface area contributed by atoms with Gasteiger partial charge in [0, 0.05) is 39.5 Å². The molecule has 2 aromatic rings. The Labute approximate surface area is 194 Å². The summed E-state index contributed by atoms with van der Waals surface area (Å²) in [5.41, 5.74) is 1.69. The van der Waals surface area contributed by atoms with Crippen LogP contribution in [0.1, 0.15) is 17.5 Å². The number of carbonyl (C=O) groups excluding carboxylic acids is 3. The Morgan fingerprint density at radius 3 is 2.21 bits per heavy atom. The van der Waals surface area contributed by atoms with E-state index in [-0.39, 0.29) is 31.9 Å². The summed E-state index contributed by atoms with van der Waals surface area (Å²) in [6.07, 6.45) is -1.41. The van der Waals surface area contributed by atoms with Crippen molar-refractivity contribution in [3.05, 3.63) is 71.8 Å². The van der Waals surface area contributed by atoms with Crippen molar-refractivity contribution >= 4 is 18.0 Å². The van der Waals surface area contributed by atoms with E-state index in [1.165, 1.54) is 4.90 Å². The van der Waals surface area contributed by atoms with E-state index in [2.05, 4.69) is 0 Å². The van der Waals surface area contributed by atoms with Crippen LogP contribution in [0.25, 0.3) is 0 Å². The number of hydrogen-bond acceptors (Lipinski definition) is 6. The third-order valence-electron chi connectivity index (χ3n) is 5.33. The van der Waals surface area contributed by atoms with Crippen molar-refractivity contribution in [2.75, 3.05) is 39.9 Å². The van der Waals surface area contributed by atoms with Gasteiger partial charge in [0.15, 0.2) is 0 Å². The van der Waals surface area contributed by atoms with Crippen LogP contribution in [0, 0.1) is 0 Å². The van der Waals surface area contributed by atoms with Crippen LogP contribution in [0.5, 0.6) is 0 Å². The van der Waals surface area contributed by atoms with E-state index >= 15 is 0 Å². The number of ether oxygens (including phenoxy) is 3. The second-order valence-corrected chi connectivity index (χ2v) is 7.82. The minimum Gasteiger partial charge on any atom is -0.458 e. The lowest BCUT2D eigenvalue weighted by molar-refractivity contribution is -0.155. The van der Waals surface area contributed by atoms with E-state index < -0.39 is 18.2 Å². The fourth-order valence-electron chi connectivity index (χ4n) is 3.36. The van der Waals surface area contributed by atoms with E-state index in [0.717, 1.165) is 11.1 Å². The van der Waals surface area contributed by atoms with Gasteiger partial charge in [-0.2, -0.15) is 0 Å². The summed E-state index contributed by atoms with van der Waals surface area (Å²) in [5.74, 6) is -0.657. The number of benzene rings is 2. The van der Waals surface area contributed by atoms with Crippen LogP contribution in [-0.2, 0) is 36.8 Å². The molecule has 1 atom stereocenters. The van der Waals surface area contributed by atoms with Gasteiger partial charge in [0.2, 0.25) is 12.0 Å². The molecular formula is C25H30N2O6. The van der Waals surface area contributed by atoms with Crippen molar-refractivity contribution in [3.63, 3.8) is 0 Å². The number of nitrogens with zero attached hydrogens (tertiary/aromatic N) is 2. The molecule has 0 saturated carbocycles. The van der Waals surface area contributed by atoms with Crippen LogP contribution in [0.4, 0.5) is 4.79 Å². The molecule has 3 rings (SSSR count). The number of esters is 1. The zero-order valence-electron chi connectivity index (χ0n) is 18.9. The quantitative estimate of drug-likeness (QED) is 0.542. The summed E-state index contributed by atoms with van der Waals surface area (Å²) in [6.45, 7) is 2.43. The first kappa shape index (κ1) is 24.3. The van der Waals surface area contributed by atoms with Crippen molar-refractivity contribution in [2.45, 2.75) is 25.6 Å². The van der Waals surface area contributed by atoms with Gasteiger partial charge in [-0.25, -0.2) is 9.59 Å². The predicted molar refractivity (Wildman–Crippen MR) is 121 cm³/mol. The molecule has 0 bridgehead atoms. The third kappa shape index (κ3) is 7.91. The maximum absolute atomic E-state index is 12.8. The number of hydrogen-bond donors (Lipinski definition) is 0. The molecule has 2 aromatic carbocycles. The molecule has 0 aliphatic carbocycles. The first-order valence-corrected chi connectivity index (χ1v) is 11.0. The molecule has 8 heteroatoms. The van der Waals surface area contributed by atoms with Crippen LogP contribution < -0.4 is 0 Å². The van der Waals surface area contributed by atoms with Gasteiger partial charge in [-0.05, 0) is 11.1 Å². The largest absolute Gasteiger partial charge is 0.458 e. The average Bonchev–Trinajstić information content (AvgIpc) is 2.86. The molecule has 8 nitrogen and oxygen atoms in total. The van der Waals surface area contributed by atoms with Crippen LogP contribution in [0.2, 0.25) is 0 Å². The highest BCUT2D eigenvalue weighted by Gasteiger charge is 2.27. The zero-order chi connectivity index (χ0) is 23.5. The van der Waals surface area contributed by atoms with Gasteiger partial charge < -0.3 is 24.0 Å². The number of rotatable bonds is 9. The summed E-state index contributed by atoms with van der Waals surface area (Å²) in [6, 6.07) is 18.6. The first-order chi connectivity index (χ1) is 16.0. The first-order valence-electron chi connectivity index (χ1n) is 11.0. The molecule has 1 aliphatic rings. The molecule has 33 heavy (non-hydrogen) atoms. The van der Waals surface area contributed by atoms with E-state index in [9.17, 15) is 14.4 Å². The Morgan fingerprint density at radius 1 is 0.970 bits per heavy atom. The van der Waals surface area contributed by atoms with Gasteiger partial charge in [-0.1, -0.05) is 60.7 Å². The third-order valence-corrected chi connectivity index (χ3v) is 5.33. The topological polar surface area (TPSA) is 85.4 Å². The van der Waals surface area contributed by atoms with E-state index in [4.69, 9.17) is 14.2 Å². The Bertz CT molecular complexity index is 900. The summed E-state index contributed by atoms with van der Waals surface area (Å²) >= 11 is 0. The lowest BCUT2D eigenvalue weighted by atomic mass is 10.1. The van der Waals surface area contributed by atoms with Crippen molar-refractivity contribution in [3.8, 4) is 0 Å². The number of amides is 2. The lowest BCUT2D eigenvalue weighted by Gasteiger charge is -2.28. The van der Waals surface area contributed by atoms with Crippen LogP contribution >= 0.6 is 0 Å². The smallest absolute Gasteiger partial charge is 0.410 e. The van der Waals surface area contributed by atoms with Crippen molar-refractivity contribution < 1.29 is 28.6 Å². The normalized spacial score (nSPS) is 14.3. The second kappa shape index (κ2) is 12.6. The summed E-state index contributed by atoms with van der Waals surface area (Å²) < 4.78 is 16.2.